The molecule has 0 amide bonds. The summed E-state index contributed by atoms with van der Waals surface area (Å²) in [6, 6.07) is 2.17. The molecule has 0 aromatic rings. The van der Waals surface area contributed by atoms with Crippen LogP contribution in [0.15, 0.2) is 0 Å². The van der Waals surface area contributed by atoms with Crippen LogP contribution in [0.1, 0.15) is 45.4 Å². The van der Waals surface area contributed by atoms with Gasteiger partial charge in [-0.3, -0.25) is 0 Å². The second kappa shape index (κ2) is 6.84. The van der Waals surface area contributed by atoms with Crippen LogP contribution < -0.4 is 5.32 Å². The summed E-state index contributed by atoms with van der Waals surface area (Å²) in [5.74, 6) is 1.82. The maximum absolute atomic E-state index is 8.37. The predicted molar refractivity (Wildman–Crippen MR) is 58.8 cm³/mol. The predicted octanol–water partition coefficient (Wildman–Crippen LogP) is 2.71. The third-order valence-electron chi connectivity index (χ3n) is 3.12. The zero-order valence-electron chi connectivity index (χ0n) is 9.26. The molecule has 1 aliphatic rings. The smallest absolute Gasteiger partial charge is 0.0622 e. The summed E-state index contributed by atoms with van der Waals surface area (Å²) in [6.45, 7) is 4.54. The van der Waals surface area contributed by atoms with Gasteiger partial charge in [0.05, 0.1) is 6.07 Å². The molecule has 0 saturated heterocycles. The van der Waals surface area contributed by atoms with Gasteiger partial charge in [0.25, 0.3) is 0 Å². The number of unbranched alkanes of at least 4 members (excludes halogenated alkanes) is 1. The zero-order valence-corrected chi connectivity index (χ0v) is 9.26. The molecule has 1 N–H and O–H groups in total. The molecule has 0 heterocycles. The van der Waals surface area contributed by atoms with Crippen molar-refractivity contribution in [2.24, 2.45) is 11.8 Å². The summed E-state index contributed by atoms with van der Waals surface area (Å²) in [5.41, 5.74) is 0. The summed E-state index contributed by atoms with van der Waals surface area (Å²) in [4.78, 5) is 0. The molecule has 0 bridgehead atoms. The zero-order chi connectivity index (χ0) is 10.2. The highest BCUT2D eigenvalue weighted by molar-refractivity contribution is 4.73. The molecule has 2 nitrogen and oxygen atoms in total. The minimum Gasteiger partial charge on any atom is -0.316 e. The quantitative estimate of drug-likeness (QED) is 0.683. The van der Waals surface area contributed by atoms with Gasteiger partial charge in [0, 0.05) is 6.42 Å². The highest BCUT2D eigenvalue weighted by Crippen LogP contribution is 2.27. The van der Waals surface area contributed by atoms with E-state index in [1.807, 2.05) is 0 Å². The van der Waals surface area contributed by atoms with Crippen molar-refractivity contribution in [1.29, 1.82) is 5.26 Å². The summed E-state index contributed by atoms with van der Waals surface area (Å²) < 4.78 is 0. The standard InChI is InChI=1S/C12H22N2/c1-11-5-4-6-12(9-11)10-14-8-3-2-7-13/h11-12,14H,2-6,8-10H2,1H3. The molecular formula is C12H22N2. The minimum absolute atomic E-state index is 0.689. The van der Waals surface area contributed by atoms with Gasteiger partial charge in [-0.1, -0.05) is 19.8 Å². The van der Waals surface area contributed by atoms with Gasteiger partial charge in [0.2, 0.25) is 0 Å². The van der Waals surface area contributed by atoms with Crippen LogP contribution >= 0.6 is 0 Å². The van der Waals surface area contributed by atoms with Crippen molar-refractivity contribution >= 4 is 0 Å². The fourth-order valence-corrected chi connectivity index (χ4v) is 2.34. The molecule has 1 aliphatic carbocycles. The number of rotatable bonds is 5. The number of hydrogen-bond donors (Lipinski definition) is 1. The molecule has 0 aromatic heterocycles. The summed E-state index contributed by atoms with van der Waals surface area (Å²) in [7, 11) is 0. The third-order valence-corrected chi connectivity index (χ3v) is 3.12. The molecule has 1 saturated carbocycles. The van der Waals surface area contributed by atoms with Crippen LogP contribution in [0.3, 0.4) is 0 Å². The van der Waals surface area contributed by atoms with Crippen molar-refractivity contribution < 1.29 is 0 Å². The van der Waals surface area contributed by atoms with Crippen molar-refractivity contribution in [3.63, 3.8) is 0 Å². The summed E-state index contributed by atoms with van der Waals surface area (Å²) >= 11 is 0. The van der Waals surface area contributed by atoms with E-state index in [2.05, 4.69) is 18.3 Å². The van der Waals surface area contributed by atoms with Crippen LogP contribution in [0.25, 0.3) is 0 Å². The normalized spacial score (nSPS) is 27.1. The Morgan fingerprint density at radius 2 is 2.29 bits per heavy atom. The molecule has 80 valence electrons. The van der Waals surface area contributed by atoms with Gasteiger partial charge < -0.3 is 5.32 Å². The van der Waals surface area contributed by atoms with E-state index in [0.29, 0.717) is 6.42 Å². The molecule has 2 heteroatoms. The monoisotopic (exact) mass is 194 g/mol. The first-order valence-corrected chi connectivity index (χ1v) is 5.90. The van der Waals surface area contributed by atoms with Crippen molar-refractivity contribution in [3.05, 3.63) is 0 Å². The van der Waals surface area contributed by atoms with Gasteiger partial charge >= 0.3 is 0 Å². The molecule has 1 rings (SSSR count). The van der Waals surface area contributed by atoms with E-state index in [9.17, 15) is 0 Å². The fraction of sp³-hybridized carbons (Fsp3) is 0.917. The van der Waals surface area contributed by atoms with Crippen LogP contribution in [-0.2, 0) is 0 Å². The van der Waals surface area contributed by atoms with E-state index in [4.69, 9.17) is 5.26 Å². The first-order chi connectivity index (χ1) is 6.83. The Kier molecular flexibility index (Phi) is 5.63. The van der Waals surface area contributed by atoms with Crippen LogP contribution in [0.2, 0.25) is 0 Å². The molecule has 2 unspecified atom stereocenters. The molecule has 2 atom stereocenters. The van der Waals surface area contributed by atoms with Crippen LogP contribution in [0.5, 0.6) is 0 Å². The Morgan fingerprint density at radius 1 is 1.43 bits per heavy atom. The van der Waals surface area contributed by atoms with Gasteiger partial charge in [0.1, 0.15) is 0 Å². The third kappa shape index (κ3) is 4.62. The van der Waals surface area contributed by atoms with E-state index < -0.39 is 0 Å². The molecule has 0 aromatic carbocycles. The lowest BCUT2D eigenvalue weighted by atomic mass is 9.82. The Labute approximate surface area is 87.7 Å². The first-order valence-electron chi connectivity index (χ1n) is 5.90. The fourth-order valence-electron chi connectivity index (χ4n) is 2.34. The maximum Gasteiger partial charge on any atom is 0.0622 e. The van der Waals surface area contributed by atoms with Crippen molar-refractivity contribution in [2.45, 2.75) is 45.4 Å². The number of nitrogens with one attached hydrogen (secondary N) is 1. The van der Waals surface area contributed by atoms with Crippen molar-refractivity contribution in [2.75, 3.05) is 13.1 Å². The van der Waals surface area contributed by atoms with Crippen molar-refractivity contribution in [1.82, 2.24) is 5.32 Å². The summed E-state index contributed by atoms with van der Waals surface area (Å²) in [5, 5.41) is 11.8. The van der Waals surface area contributed by atoms with Crippen LogP contribution in [-0.4, -0.2) is 13.1 Å². The van der Waals surface area contributed by atoms with Gasteiger partial charge in [-0.05, 0) is 44.2 Å². The second-order valence-corrected chi connectivity index (χ2v) is 4.60. The lowest BCUT2D eigenvalue weighted by molar-refractivity contribution is 0.274. The molecule has 0 aliphatic heterocycles. The Bertz CT molecular complexity index is 183. The molecule has 14 heavy (non-hydrogen) atoms. The lowest BCUT2D eigenvalue weighted by Gasteiger charge is -2.26. The highest BCUT2D eigenvalue weighted by Gasteiger charge is 2.17. The number of nitriles is 1. The topological polar surface area (TPSA) is 35.8 Å². The molecule has 0 radical (unpaired) electrons. The number of hydrogen-bond acceptors (Lipinski definition) is 2. The van der Waals surface area contributed by atoms with E-state index >= 15 is 0 Å². The largest absolute Gasteiger partial charge is 0.316 e. The van der Waals surface area contributed by atoms with Crippen LogP contribution in [0, 0.1) is 23.2 Å². The lowest BCUT2D eigenvalue weighted by Crippen LogP contribution is -2.27. The molecular weight excluding hydrogens is 172 g/mol. The first kappa shape index (κ1) is 11.5. The Morgan fingerprint density at radius 3 is 3.00 bits per heavy atom. The van der Waals surface area contributed by atoms with E-state index in [-0.39, 0.29) is 0 Å². The summed E-state index contributed by atoms with van der Waals surface area (Å²) in [6.07, 6.45) is 7.31. The van der Waals surface area contributed by atoms with Gasteiger partial charge in [-0.25, -0.2) is 0 Å². The van der Waals surface area contributed by atoms with Gasteiger partial charge in [0.15, 0.2) is 0 Å². The van der Waals surface area contributed by atoms with Gasteiger partial charge in [-0.15, -0.1) is 0 Å². The Hall–Kier alpha value is -0.550. The van der Waals surface area contributed by atoms with E-state index in [0.717, 1.165) is 31.3 Å². The van der Waals surface area contributed by atoms with E-state index in [1.54, 1.807) is 0 Å². The average Bonchev–Trinajstić information content (AvgIpc) is 2.18. The van der Waals surface area contributed by atoms with Gasteiger partial charge in [-0.2, -0.15) is 5.26 Å². The maximum atomic E-state index is 8.37. The minimum atomic E-state index is 0.689. The van der Waals surface area contributed by atoms with Crippen LogP contribution in [0.4, 0.5) is 0 Å². The second-order valence-electron chi connectivity index (χ2n) is 4.60. The average molecular weight is 194 g/mol. The Balaban J connectivity index is 1.98. The molecule has 0 spiro atoms. The SMILES string of the molecule is CC1CCCC(CNCCCC#N)C1. The van der Waals surface area contributed by atoms with E-state index in [1.165, 1.54) is 25.7 Å². The highest BCUT2D eigenvalue weighted by atomic mass is 14.9. The number of nitrogens with zero attached hydrogens (tertiary/aromatic N) is 1. The molecule has 1 fully saturated rings. The van der Waals surface area contributed by atoms with Crippen molar-refractivity contribution in [3.8, 4) is 6.07 Å².